The Hall–Kier alpha value is 0.1000. The number of hydrogen-bond acceptors (Lipinski definition) is 2. The molecule has 13 heavy (non-hydrogen) atoms. The molecule has 3 heteroatoms. The molecule has 1 aromatic carbocycles. The maximum Gasteiger partial charge on any atom is 0.0394 e. The number of thiol groups is 1. The first kappa shape index (κ1) is 9.65. The van der Waals surface area contributed by atoms with Crippen molar-refractivity contribution in [1.82, 2.24) is 0 Å². The summed E-state index contributed by atoms with van der Waals surface area (Å²) >= 11 is 7.03. The molecule has 1 heterocycles. The molecule has 0 spiro atoms. The molecule has 1 aliphatic rings. The first-order valence-corrected chi connectivity index (χ1v) is 6.00. The number of benzene rings is 1. The quantitative estimate of drug-likeness (QED) is 0.553. The molecule has 1 N–H and O–H groups in total. The van der Waals surface area contributed by atoms with Crippen LogP contribution >= 0.6 is 35.2 Å². The highest BCUT2D eigenvalue weighted by atomic mass is 127. The van der Waals surface area contributed by atoms with Crippen LogP contribution in [0.5, 0.6) is 0 Å². The van der Waals surface area contributed by atoms with Gasteiger partial charge in [-0.05, 0) is 47.6 Å². The van der Waals surface area contributed by atoms with E-state index in [4.69, 9.17) is 0 Å². The molecule has 1 aliphatic heterocycles. The van der Waals surface area contributed by atoms with Crippen LogP contribution in [0.2, 0.25) is 0 Å². The Balaban J connectivity index is 2.58. The summed E-state index contributed by atoms with van der Waals surface area (Å²) in [7, 11) is 0. The van der Waals surface area contributed by atoms with Gasteiger partial charge >= 0.3 is 0 Å². The fraction of sp³-hybridized carbons (Fsp3) is 0.400. The average Bonchev–Trinajstić information content (AvgIpc) is 2.12. The van der Waals surface area contributed by atoms with Gasteiger partial charge in [-0.15, -0.1) is 0 Å². The molecule has 0 bridgehead atoms. The van der Waals surface area contributed by atoms with E-state index in [0.717, 1.165) is 13.0 Å². The van der Waals surface area contributed by atoms with Crippen molar-refractivity contribution in [2.75, 3.05) is 11.9 Å². The minimum absolute atomic E-state index is 0.406. The van der Waals surface area contributed by atoms with Gasteiger partial charge in [0.05, 0.1) is 0 Å². The molecule has 0 radical (unpaired) electrons. The van der Waals surface area contributed by atoms with E-state index in [2.05, 4.69) is 59.6 Å². The number of hydrogen-bond donors (Lipinski definition) is 2. The highest BCUT2D eigenvalue weighted by Crippen LogP contribution is 2.38. The van der Waals surface area contributed by atoms with Crippen LogP contribution in [0.3, 0.4) is 0 Å². The van der Waals surface area contributed by atoms with Crippen LogP contribution in [0.15, 0.2) is 12.1 Å². The second kappa shape index (κ2) is 3.69. The third-order valence-electron chi connectivity index (χ3n) is 2.44. The van der Waals surface area contributed by atoms with Gasteiger partial charge in [0.15, 0.2) is 0 Å². The Labute approximate surface area is 97.9 Å². The molecular weight excluding hydrogens is 293 g/mol. The molecule has 2 rings (SSSR count). The summed E-state index contributed by atoms with van der Waals surface area (Å²) in [4.78, 5) is 0. The zero-order valence-electron chi connectivity index (χ0n) is 7.47. The monoisotopic (exact) mass is 305 g/mol. The van der Waals surface area contributed by atoms with E-state index >= 15 is 0 Å². The van der Waals surface area contributed by atoms with E-state index in [1.807, 2.05) is 0 Å². The number of halogens is 1. The van der Waals surface area contributed by atoms with Gasteiger partial charge in [0.25, 0.3) is 0 Å². The third kappa shape index (κ3) is 1.68. The number of aryl methyl sites for hydroxylation is 1. The molecular formula is C10H12INS. The minimum atomic E-state index is 0.406. The molecule has 1 nitrogen and oxygen atoms in total. The summed E-state index contributed by atoms with van der Waals surface area (Å²) < 4.78 is 1.36. The van der Waals surface area contributed by atoms with E-state index in [9.17, 15) is 0 Å². The van der Waals surface area contributed by atoms with Crippen LogP contribution in [0.25, 0.3) is 0 Å². The van der Waals surface area contributed by atoms with E-state index in [1.54, 1.807) is 0 Å². The molecule has 70 valence electrons. The Bertz CT molecular complexity index is 338. The van der Waals surface area contributed by atoms with E-state index in [-0.39, 0.29) is 0 Å². The maximum absolute atomic E-state index is 4.61. The molecule has 0 aliphatic carbocycles. The van der Waals surface area contributed by atoms with Crippen LogP contribution in [-0.4, -0.2) is 6.54 Å². The molecule has 0 fully saturated rings. The molecule has 0 saturated carbocycles. The first-order valence-electron chi connectivity index (χ1n) is 4.41. The number of anilines is 1. The van der Waals surface area contributed by atoms with Gasteiger partial charge in [0.1, 0.15) is 0 Å². The second-order valence-electron chi connectivity index (χ2n) is 3.39. The van der Waals surface area contributed by atoms with Crippen molar-refractivity contribution in [1.29, 1.82) is 0 Å². The van der Waals surface area contributed by atoms with Crippen molar-refractivity contribution >= 4 is 40.9 Å². The third-order valence-corrected chi connectivity index (χ3v) is 4.39. The topological polar surface area (TPSA) is 12.0 Å². The van der Waals surface area contributed by atoms with Gasteiger partial charge < -0.3 is 5.32 Å². The Morgan fingerprint density at radius 1 is 1.54 bits per heavy atom. The predicted octanol–water partition coefficient (Wildman–Crippen LogP) is 3.39. The van der Waals surface area contributed by atoms with Crippen LogP contribution in [0.4, 0.5) is 5.69 Å². The number of rotatable bonds is 0. The summed E-state index contributed by atoms with van der Waals surface area (Å²) in [6.07, 6.45) is 1.12. The van der Waals surface area contributed by atoms with Crippen LogP contribution in [-0.2, 0) is 0 Å². The Morgan fingerprint density at radius 3 is 3.08 bits per heavy atom. The maximum atomic E-state index is 4.61. The standard InChI is InChI=1S/C10H12INS/c1-6-2-3-7-9(10(6)11)8(13)4-5-12-7/h2-3,8,12-13H,4-5H2,1H3. The van der Waals surface area contributed by atoms with Gasteiger partial charge in [-0.25, -0.2) is 0 Å². The molecule has 1 aromatic rings. The van der Waals surface area contributed by atoms with E-state index in [0.29, 0.717) is 5.25 Å². The van der Waals surface area contributed by atoms with Crippen molar-refractivity contribution in [3.63, 3.8) is 0 Å². The largest absolute Gasteiger partial charge is 0.385 e. The Kier molecular flexibility index (Phi) is 2.74. The predicted molar refractivity (Wildman–Crippen MR) is 68.7 cm³/mol. The zero-order chi connectivity index (χ0) is 9.42. The van der Waals surface area contributed by atoms with Gasteiger partial charge in [-0.3, -0.25) is 0 Å². The first-order chi connectivity index (χ1) is 6.20. The fourth-order valence-electron chi connectivity index (χ4n) is 1.67. The molecule has 1 atom stereocenters. The highest BCUT2D eigenvalue weighted by Gasteiger charge is 2.19. The van der Waals surface area contributed by atoms with Crippen molar-refractivity contribution in [3.05, 3.63) is 26.8 Å². The minimum Gasteiger partial charge on any atom is -0.385 e. The van der Waals surface area contributed by atoms with Crippen molar-refractivity contribution in [2.45, 2.75) is 18.6 Å². The van der Waals surface area contributed by atoms with Gasteiger partial charge in [-0.1, -0.05) is 6.07 Å². The summed E-state index contributed by atoms with van der Waals surface area (Å²) in [6, 6.07) is 4.33. The van der Waals surface area contributed by atoms with Crippen LogP contribution < -0.4 is 5.32 Å². The van der Waals surface area contributed by atoms with Crippen LogP contribution in [0.1, 0.15) is 22.8 Å². The van der Waals surface area contributed by atoms with Gasteiger partial charge in [0.2, 0.25) is 0 Å². The Morgan fingerprint density at radius 2 is 2.31 bits per heavy atom. The van der Waals surface area contributed by atoms with Gasteiger partial charge in [0, 0.05) is 26.6 Å². The van der Waals surface area contributed by atoms with Crippen molar-refractivity contribution in [2.24, 2.45) is 0 Å². The van der Waals surface area contributed by atoms with E-state index < -0.39 is 0 Å². The second-order valence-corrected chi connectivity index (χ2v) is 5.09. The summed E-state index contributed by atoms with van der Waals surface area (Å²) in [5.41, 5.74) is 4.00. The lowest BCUT2D eigenvalue weighted by atomic mass is 10.0. The average molecular weight is 305 g/mol. The molecule has 0 amide bonds. The lowest BCUT2D eigenvalue weighted by Crippen LogP contribution is -2.15. The molecule has 0 aromatic heterocycles. The zero-order valence-corrected chi connectivity index (χ0v) is 10.5. The molecule has 1 unspecified atom stereocenters. The summed E-state index contributed by atoms with van der Waals surface area (Å²) in [6.45, 7) is 3.19. The van der Waals surface area contributed by atoms with Gasteiger partial charge in [-0.2, -0.15) is 12.6 Å². The summed E-state index contributed by atoms with van der Waals surface area (Å²) in [5, 5.41) is 3.81. The normalized spacial score (nSPS) is 20.7. The lowest BCUT2D eigenvalue weighted by Gasteiger charge is -2.25. The van der Waals surface area contributed by atoms with E-state index in [1.165, 1.54) is 20.4 Å². The number of fused-ring (bicyclic) bond motifs is 1. The number of nitrogens with one attached hydrogen (secondary N) is 1. The smallest absolute Gasteiger partial charge is 0.0394 e. The lowest BCUT2D eigenvalue weighted by molar-refractivity contribution is 0.810. The SMILES string of the molecule is Cc1ccc2c(c1I)C(S)CCN2. The highest BCUT2D eigenvalue weighted by molar-refractivity contribution is 14.1. The van der Waals surface area contributed by atoms with Crippen molar-refractivity contribution < 1.29 is 0 Å². The fourth-order valence-corrected chi connectivity index (χ4v) is 3.16. The van der Waals surface area contributed by atoms with Crippen LogP contribution in [0, 0.1) is 10.5 Å². The summed E-state index contributed by atoms with van der Waals surface area (Å²) in [5.74, 6) is 0. The molecule has 0 saturated heterocycles. The van der Waals surface area contributed by atoms with Crippen molar-refractivity contribution in [3.8, 4) is 0 Å².